The summed E-state index contributed by atoms with van der Waals surface area (Å²) in [5.41, 5.74) is 2.27. The van der Waals surface area contributed by atoms with E-state index in [2.05, 4.69) is 16.1 Å². The maximum Gasteiger partial charge on any atom is 0.125 e. The van der Waals surface area contributed by atoms with Crippen LogP contribution >= 0.6 is 0 Å². The molecule has 1 heterocycles. The zero-order chi connectivity index (χ0) is 11.1. The summed E-state index contributed by atoms with van der Waals surface area (Å²) < 4.78 is 2.07. The van der Waals surface area contributed by atoms with Crippen molar-refractivity contribution in [3.8, 4) is 5.75 Å². The summed E-state index contributed by atoms with van der Waals surface area (Å²) in [6, 6.07) is 6.37. The van der Waals surface area contributed by atoms with Crippen molar-refractivity contribution in [1.82, 2.24) is 9.88 Å². The number of nitrogens with one attached hydrogen (secondary N) is 1. The summed E-state index contributed by atoms with van der Waals surface area (Å²) in [6.07, 6.45) is 4.67. The van der Waals surface area contributed by atoms with Crippen molar-refractivity contribution in [2.24, 2.45) is 7.05 Å². The standard InChI is InChI=1S/C13H16N2O/c1-15-8-9(7-14-10-5-6-10)13-11(15)3-2-4-12(13)16/h2-4,8,10,14,16H,5-7H2,1H3. The Kier molecular flexibility index (Phi) is 2.14. The third-order valence-electron chi connectivity index (χ3n) is 3.23. The lowest BCUT2D eigenvalue weighted by molar-refractivity contribution is 0.481. The van der Waals surface area contributed by atoms with E-state index >= 15 is 0 Å². The molecular formula is C13H16N2O. The Morgan fingerprint density at radius 3 is 3.00 bits per heavy atom. The number of fused-ring (bicyclic) bond motifs is 1. The second-order valence-corrected chi connectivity index (χ2v) is 4.59. The van der Waals surface area contributed by atoms with Crippen LogP contribution in [-0.4, -0.2) is 15.7 Å². The third kappa shape index (κ3) is 1.57. The highest BCUT2D eigenvalue weighted by atomic mass is 16.3. The first kappa shape index (κ1) is 9.73. The molecule has 0 aliphatic heterocycles. The molecule has 0 bridgehead atoms. The molecule has 3 heteroatoms. The molecule has 0 spiro atoms. The van der Waals surface area contributed by atoms with E-state index in [1.54, 1.807) is 6.07 Å². The maximum atomic E-state index is 9.91. The van der Waals surface area contributed by atoms with Gasteiger partial charge in [0.2, 0.25) is 0 Å². The second-order valence-electron chi connectivity index (χ2n) is 4.59. The minimum absolute atomic E-state index is 0.380. The number of rotatable bonds is 3. The lowest BCUT2D eigenvalue weighted by Gasteiger charge is -2.02. The molecule has 2 N–H and O–H groups in total. The number of phenols is 1. The lowest BCUT2D eigenvalue weighted by atomic mass is 10.1. The van der Waals surface area contributed by atoms with Crippen molar-refractivity contribution in [1.29, 1.82) is 0 Å². The van der Waals surface area contributed by atoms with E-state index < -0.39 is 0 Å². The summed E-state index contributed by atoms with van der Waals surface area (Å²) in [7, 11) is 2.02. The fourth-order valence-electron chi connectivity index (χ4n) is 2.19. The topological polar surface area (TPSA) is 37.2 Å². The number of hydrogen-bond donors (Lipinski definition) is 2. The number of aromatic nitrogens is 1. The molecule has 0 saturated heterocycles. The van der Waals surface area contributed by atoms with Gasteiger partial charge in [0.25, 0.3) is 0 Å². The van der Waals surface area contributed by atoms with Gasteiger partial charge in [0.1, 0.15) is 5.75 Å². The minimum Gasteiger partial charge on any atom is -0.507 e. The van der Waals surface area contributed by atoms with Gasteiger partial charge in [-0.05, 0) is 30.5 Å². The van der Waals surface area contributed by atoms with Crippen LogP contribution in [0.2, 0.25) is 0 Å². The Labute approximate surface area is 94.7 Å². The number of aryl methyl sites for hydroxylation is 1. The fraction of sp³-hybridized carbons (Fsp3) is 0.385. The zero-order valence-corrected chi connectivity index (χ0v) is 9.40. The lowest BCUT2D eigenvalue weighted by Crippen LogP contribution is -2.14. The summed E-state index contributed by atoms with van der Waals surface area (Å²) in [5, 5.41) is 14.4. The normalized spacial score (nSPS) is 15.8. The first-order valence-corrected chi connectivity index (χ1v) is 5.75. The predicted molar refractivity (Wildman–Crippen MR) is 64.4 cm³/mol. The fourth-order valence-corrected chi connectivity index (χ4v) is 2.19. The van der Waals surface area contributed by atoms with E-state index in [4.69, 9.17) is 0 Å². The molecule has 0 atom stereocenters. The van der Waals surface area contributed by atoms with Gasteiger partial charge in [0.15, 0.2) is 0 Å². The van der Waals surface area contributed by atoms with Gasteiger partial charge >= 0.3 is 0 Å². The van der Waals surface area contributed by atoms with E-state index in [1.165, 1.54) is 18.4 Å². The highest BCUT2D eigenvalue weighted by Gasteiger charge is 2.21. The monoisotopic (exact) mass is 216 g/mol. The van der Waals surface area contributed by atoms with Crippen LogP contribution in [0.1, 0.15) is 18.4 Å². The van der Waals surface area contributed by atoms with E-state index in [9.17, 15) is 5.11 Å². The van der Waals surface area contributed by atoms with Gasteiger partial charge in [-0.15, -0.1) is 0 Å². The molecule has 1 aromatic carbocycles. The van der Waals surface area contributed by atoms with Gasteiger partial charge in [-0.1, -0.05) is 6.07 Å². The van der Waals surface area contributed by atoms with Gasteiger partial charge in [-0.3, -0.25) is 0 Å². The van der Waals surface area contributed by atoms with Gasteiger partial charge in [-0.25, -0.2) is 0 Å². The molecule has 16 heavy (non-hydrogen) atoms. The van der Waals surface area contributed by atoms with E-state index in [0.29, 0.717) is 11.8 Å². The van der Waals surface area contributed by atoms with Crippen LogP contribution in [0.25, 0.3) is 10.9 Å². The highest BCUT2D eigenvalue weighted by Crippen LogP contribution is 2.29. The molecule has 1 saturated carbocycles. The molecule has 3 nitrogen and oxygen atoms in total. The van der Waals surface area contributed by atoms with Gasteiger partial charge in [0.05, 0.1) is 5.52 Å². The van der Waals surface area contributed by atoms with Gasteiger partial charge in [0, 0.05) is 31.2 Å². The smallest absolute Gasteiger partial charge is 0.125 e. The molecular weight excluding hydrogens is 200 g/mol. The molecule has 3 rings (SSSR count). The minimum atomic E-state index is 0.380. The molecule has 84 valence electrons. The Bertz CT molecular complexity index is 526. The predicted octanol–water partition coefficient (Wildman–Crippen LogP) is 2.14. The molecule has 1 fully saturated rings. The highest BCUT2D eigenvalue weighted by molar-refractivity contribution is 5.89. The zero-order valence-electron chi connectivity index (χ0n) is 9.40. The number of aromatic hydroxyl groups is 1. The summed E-state index contributed by atoms with van der Waals surface area (Å²) in [5.74, 6) is 0.380. The Morgan fingerprint density at radius 2 is 2.25 bits per heavy atom. The van der Waals surface area contributed by atoms with Crippen molar-refractivity contribution in [3.05, 3.63) is 30.0 Å². The Morgan fingerprint density at radius 1 is 1.44 bits per heavy atom. The molecule has 1 aliphatic rings. The summed E-state index contributed by atoms with van der Waals surface area (Å²) >= 11 is 0. The van der Waals surface area contributed by atoms with Crippen LogP contribution in [0.4, 0.5) is 0 Å². The van der Waals surface area contributed by atoms with Gasteiger partial charge in [-0.2, -0.15) is 0 Å². The average molecular weight is 216 g/mol. The van der Waals surface area contributed by atoms with Crippen LogP contribution in [0.15, 0.2) is 24.4 Å². The van der Waals surface area contributed by atoms with E-state index in [1.807, 2.05) is 19.2 Å². The number of hydrogen-bond acceptors (Lipinski definition) is 2. The summed E-state index contributed by atoms with van der Waals surface area (Å²) in [4.78, 5) is 0. The third-order valence-corrected chi connectivity index (χ3v) is 3.23. The summed E-state index contributed by atoms with van der Waals surface area (Å²) in [6.45, 7) is 0.847. The first-order chi connectivity index (χ1) is 7.75. The Balaban J connectivity index is 2.01. The van der Waals surface area contributed by atoms with Crippen molar-refractivity contribution in [2.45, 2.75) is 25.4 Å². The van der Waals surface area contributed by atoms with Crippen LogP contribution in [0.3, 0.4) is 0 Å². The Hall–Kier alpha value is -1.48. The van der Waals surface area contributed by atoms with E-state index in [0.717, 1.165) is 17.4 Å². The van der Waals surface area contributed by atoms with Crippen LogP contribution in [0, 0.1) is 0 Å². The van der Waals surface area contributed by atoms with Crippen LogP contribution < -0.4 is 5.32 Å². The van der Waals surface area contributed by atoms with Gasteiger partial charge < -0.3 is 15.0 Å². The van der Waals surface area contributed by atoms with Crippen molar-refractivity contribution in [2.75, 3.05) is 0 Å². The molecule has 0 amide bonds. The maximum absolute atomic E-state index is 9.91. The largest absolute Gasteiger partial charge is 0.507 e. The molecule has 0 unspecified atom stereocenters. The average Bonchev–Trinajstić information content (AvgIpc) is 3.03. The first-order valence-electron chi connectivity index (χ1n) is 5.75. The molecule has 0 radical (unpaired) electrons. The number of phenolic OH excluding ortho intramolecular Hbond substituents is 1. The van der Waals surface area contributed by atoms with Crippen molar-refractivity contribution < 1.29 is 5.11 Å². The van der Waals surface area contributed by atoms with Crippen molar-refractivity contribution in [3.63, 3.8) is 0 Å². The molecule has 1 aromatic heterocycles. The number of nitrogens with zero attached hydrogens (tertiary/aromatic N) is 1. The SMILES string of the molecule is Cn1cc(CNC2CC2)c2c(O)cccc21. The van der Waals surface area contributed by atoms with Crippen molar-refractivity contribution >= 4 is 10.9 Å². The number of benzene rings is 1. The quantitative estimate of drug-likeness (QED) is 0.824. The van der Waals surface area contributed by atoms with E-state index in [-0.39, 0.29) is 0 Å². The van der Waals surface area contributed by atoms with Crippen LogP contribution in [-0.2, 0) is 13.6 Å². The van der Waals surface area contributed by atoms with Crippen LogP contribution in [0.5, 0.6) is 5.75 Å². The molecule has 2 aromatic rings. The molecule has 1 aliphatic carbocycles. The second kappa shape index (κ2) is 3.52.